The van der Waals surface area contributed by atoms with E-state index in [1.807, 2.05) is 6.92 Å². The van der Waals surface area contributed by atoms with Gasteiger partial charge in [0.15, 0.2) is 0 Å². The van der Waals surface area contributed by atoms with Crippen LogP contribution in [-0.2, 0) is 16.1 Å². The quantitative estimate of drug-likeness (QED) is 0.787. The number of esters is 1. The molecule has 4 heteroatoms. The molecule has 1 atom stereocenters. The molecule has 1 saturated heterocycles. The average molecular weight is 265 g/mol. The van der Waals surface area contributed by atoms with E-state index < -0.39 is 0 Å². The van der Waals surface area contributed by atoms with Gasteiger partial charge < -0.3 is 4.74 Å². The first kappa shape index (κ1) is 14.0. The number of likely N-dealkylation sites (tertiary alicyclic amines) is 1. The standard InChI is InChI=1S/C15H20FNO2/c1-11-9-13(16)7-6-12(11)10-17-8-4-3-5-14(17)15(18)19-2/h6-7,9,14H,3-5,8,10H2,1-2H3/t14-/m1/s1. The Kier molecular flexibility index (Phi) is 4.53. The monoisotopic (exact) mass is 265 g/mol. The number of rotatable bonds is 3. The fourth-order valence-electron chi connectivity index (χ4n) is 2.64. The van der Waals surface area contributed by atoms with E-state index in [9.17, 15) is 9.18 Å². The van der Waals surface area contributed by atoms with Crippen LogP contribution in [0.3, 0.4) is 0 Å². The molecular weight excluding hydrogens is 245 g/mol. The van der Waals surface area contributed by atoms with Gasteiger partial charge in [-0.25, -0.2) is 4.39 Å². The van der Waals surface area contributed by atoms with Gasteiger partial charge in [0.25, 0.3) is 0 Å². The number of piperidine rings is 1. The molecule has 0 bridgehead atoms. The van der Waals surface area contributed by atoms with Gasteiger partial charge in [0.2, 0.25) is 0 Å². The van der Waals surface area contributed by atoms with E-state index in [1.54, 1.807) is 6.07 Å². The Morgan fingerprint density at radius 2 is 2.26 bits per heavy atom. The van der Waals surface area contributed by atoms with Crippen LogP contribution in [0.15, 0.2) is 18.2 Å². The van der Waals surface area contributed by atoms with Crippen LogP contribution in [0.2, 0.25) is 0 Å². The third-order valence-corrected chi connectivity index (χ3v) is 3.76. The van der Waals surface area contributed by atoms with Crippen LogP contribution < -0.4 is 0 Å². The Morgan fingerprint density at radius 1 is 1.47 bits per heavy atom. The minimum Gasteiger partial charge on any atom is -0.468 e. The number of carbonyl (C=O) groups excluding carboxylic acids is 1. The van der Waals surface area contributed by atoms with Gasteiger partial charge in [-0.15, -0.1) is 0 Å². The number of methoxy groups -OCH3 is 1. The maximum absolute atomic E-state index is 13.1. The number of nitrogens with zero attached hydrogens (tertiary/aromatic N) is 1. The summed E-state index contributed by atoms with van der Waals surface area (Å²) in [6, 6.07) is 4.64. The molecule has 0 radical (unpaired) electrons. The lowest BCUT2D eigenvalue weighted by atomic mass is 10.00. The van der Waals surface area contributed by atoms with Crippen LogP contribution in [0.25, 0.3) is 0 Å². The SMILES string of the molecule is COC(=O)[C@H]1CCCCN1Cc1ccc(F)cc1C. The zero-order chi connectivity index (χ0) is 13.8. The van der Waals surface area contributed by atoms with E-state index in [0.717, 1.165) is 36.9 Å². The molecule has 1 aliphatic heterocycles. The molecule has 1 aliphatic rings. The first-order valence-corrected chi connectivity index (χ1v) is 6.68. The largest absolute Gasteiger partial charge is 0.468 e. The second-order valence-corrected chi connectivity index (χ2v) is 5.08. The minimum absolute atomic E-state index is 0.164. The lowest BCUT2D eigenvalue weighted by Gasteiger charge is -2.34. The Balaban J connectivity index is 2.13. The highest BCUT2D eigenvalue weighted by Crippen LogP contribution is 2.22. The maximum Gasteiger partial charge on any atom is 0.323 e. The number of carbonyl (C=O) groups is 1. The van der Waals surface area contributed by atoms with Crippen molar-refractivity contribution in [2.45, 2.75) is 38.8 Å². The van der Waals surface area contributed by atoms with Crippen molar-refractivity contribution in [1.82, 2.24) is 4.90 Å². The van der Waals surface area contributed by atoms with Gasteiger partial charge in [0.1, 0.15) is 11.9 Å². The smallest absolute Gasteiger partial charge is 0.323 e. The lowest BCUT2D eigenvalue weighted by Crippen LogP contribution is -2.44. The topological polar surface area (TPSA) is 29.5 Å². The van der Waals surface area contributed by atoms with Gasteiger partial charge in [-0.05, 0) is 49.6 Å². The van der Waals surface area contributed by atoms with Crippen LogP contribution in [0, 0.1) is 12.7 Å². The summed E-state index contributed by atoms with van der Waals surface area (Å²) in [5, 5.41) is 0. The maximum atomic E-state index is 13.1. The molecule has 19 heavy (non-hydrogen) atoms. The van der Waals surface area contributed by atoms with Crippen LogP contribution in [0.5, 0.6) is 0 Å². The van der Waals surface area contributed by atoms with E-state index in [-0.39, 0.29) is 17.8 Å². The Morgan fingerprint density at radius 3 is 2.95 bits per heavy atom. The predicted molar refractivity (Wildman–Crippen MR) is 71.2 cm³/mol. The van der Waals surface area contributed by atoms with E-state index in [1.165, 1.54) is 19.2 Å². The molecule has 1 aromatic rings. The summed E-state index contributed by atoms with van der Waals surface area (Å²) < 4.78 is 18.0. The van der Waals surface area contributed by atoms with E-state index in [0.29, 0.717) is 6.54 Å². The highest BCUT2D eigenvalue weighted by Gasteiger charge is 2.29. The number of hydrogen-bond acceptors (Lipinski definition) is 3. The molecular formula is C15H20FNO2. The first-order valence-electron chi connectivity index (χ1n) is 6.68. The van der Waals surface area contributed by atoms with Crippen LogP contribution in [-0.4, -0.2) is 30.6 Å². The van der Waals surface area contributed by atoms with Crippen LogP contribution >= 0.6 is 0 Å². The van der Waals surface area contributed by atoms with E-state index >= 15 is 0 Å². The third-order valence-electron chi connectivity index (χ3n) is 3.76. The fraction of sp³-hybridized carbons (Fsp3) is 0.533. The zero-order valence-corrected chi connectivity index (χ0v) is 11.5. The van der Waals surface area contributed by atoms with Crippen molar-refractivity contribution in [3.8, 4) is 0 Å². The van der Waals surface area contributed by atoms with Crippen molar-refractivity contribution in [2.24, 2.45) is 0 Å². The summed E-state index contributed by atoms with van der Waals surface area (Å²) >= 11 is 0. The Bertz CT molecular complexity index is 461. The summed E-state index contributed by atoms with van der Waals surface area (Å²) in [5.74, 6) is -0.385. The van der Waals surface area contributed by atoms with Crippen LogP contribution in [0.4, 0.5) is 4.39 Å². The molecule has 0 aromatic heterocycles. The number of aryl methyl sites for hydroxylation is 1. The molecule has 0 aliphatic carbocycles. The number of halogens is 1. The molecule has 1 heterocycles. The summed E-state index contributed by atoms with van der Waals surface area (Å²) in [5.41, 5.74) is 1.99. The van der Waals surface area contributed by atoms with Gasteiger partial charge in [-0.3, -0.25) is 9.69 Å². The molecule has 0 unspecified atom stereocenters. The number of benzene rings is 1. The molecule has 0 amide bonds. The molecule has 0 N–H and O–H groups in total. The van der Waals surface area contributed by atoms with Crippen LogP contribution in [0.1, 0.15) is 30.4 Å². The first-order chi connectivity index (χ1) is 9.11. The summed E-state index contributed by atoms with van der Waals surface area (Å²) in [7, 11) is 1.43. The molecule has 0 spiro atoms. The molecule has 2 rings (SSSR count). The molecule has 0 saturated carbocycles. The Hall–Kier alpha value is -1.42. The van der Waals surface area contributed by atoms with Gasteiger partial charge in [-0.2, -0.15) is 0 Å². The van der Waals surface area contributed by atoms with Crippen molar-refractivity contribution < 1.29 is 13.9 Å². The number of hydrogen-bond donors (Lipinski definition) is 0. The van der Waals surface area contributed by atoms with Crippen molar-refractivity contribution in [1.29, 1.82) is 0 Å². The zero-order valence-electron chi connectivity index (χ0n) is 11.5. The third kappa shape index (κ3) is 3.32. The highest BCUT2D eigenvalue weighted by atomic mass is 19.1. The average Bonchev–Trinajstić information content (AvgIpc) is 2.41. The second-order valence-electron chi connectivity index (χ2n) is 5.08. The second kappa shape index (κ2) is 6.15. The summed E-state index contributed by atoms with van der Waals surface area (Å²) in [4.78, 5) is 13.9. The van der Waals surface area contributed by atoms with E-state index in [4.69, 9.17) is 4.74 Å². The van der Waals surface area contributed by atoms with Crippen molar-refractivity contribution in [3.63, 3.8) is 0 Å². The molecule has 104 valence electrons. The molecule has 1 aromatic carbocycles. The van der Waals surface area contributed by atoms with Crippen molar-refractivity contribution >= 4 is 5.97 Å². The fourth-order valence-corrected chi connectivity index (χ4v) is 2.64. The van der Waals surface area contributed by atoms with E-state index in [2.05, 4.69) is 4.90 Å². The lowest BCUT2D eigenvalue weighted by molar-refractivity contribution is -0.148. The molecule has 1 fully saturated rings. The number of ether oxygens (including phenoxy) is 1. The summed E-state index contributed by atoms with van der Waals surface area (Å²) in [6.07, 6.45) is 2.99. The highest BCUT2D eigenvalue weighted by molar-refractivity contribution is 5.75. The minimum atomic E-state index is -0.218. The van der Waals surface area contributed by atoms with Crippen molar-refractivity contribution in [2.75, 3.05) is 13.7 Å². The summed E-state index contributed by atoms with van der Waals surface area (Å²) in [6.45, 7) is 3.46. The Labute approximate surface area is 113 Å². The van der Waals surface area contributed by atoms with Gasteiger partial charge in [0, 0.05) is 6.54 Å². The van der Waals surface area contributed by atoms with Gasteiger partial charge in [0.05, 0.1) is 7.11 Å². The van der Waals surface area contributed by atoms with Gasteiger partial charge in [-0.1, -0.05) is 12.5 Å². The van der Waals surface area contributed by atoms with Gasteiger partial charge >= 0.3 is 5.97 Å². The molecule has 3 nitrogen and oxygen atoms in total. The van der Waals surface area contributed by atoms with Crippen molar-refractivity contribution in [3.05, 3.63) is 35.1 Å². The normalized spacial score (nSPS) is 20.3. The predicted octanol–water partition coefficient (Wildman–Crippen LogP) is 2.66.